The average Bonchev–Trinajstić information content (AvgIpc) is 2.77. The summed E-state index contributed by atoms with van der Waals surface area (Å²) in [5.41, 5.74) is 0.985. The van der Waals surface area contributed by atoms with Gasteiger partial charge in [-0.15, -0.1) is 0 Å². The molecule has 166 valence electrons. The molecule has 3 rings (SSSR count). The number of hydrogen-bond donors (Lipinski definition) is 0. The standard InChI is InChI=1S/C26H32O5/c1-4-26(14-6-5-7-15-26)31-24(27)18-20-10-8-12-22-21(20)11-9-13-23(22)29-16-17-30-25(28)19(2)3/h8-13H,2,4-7,14-18H2,1,3H3. The van der Waals surface area contributed by atoms with Gasteiger partial charge in [0.15, 0.2) is 0 Å². The predicted octanol–water partition coefficient (Wildman–Crippen LogP) is 5.54. The third-order valence-corrected chi connectivity index (χ3v) is 5.97. The number of carbonyl (C=O) groups excluding carboxylic acids is 2. The number of fused-ring (bicyclic) bond motifs is 1. The van der Waals surface area contributed by atoms with Crippen molar-refractivity contribution in [3.63, 3.8) is 0 Å². The average molecular weight is 425 g/mol. The Morgan fingerprint density at radius 2 is 1.71 bits per heavy atom. The fraction of sp³-hybridized carbons (Fsp3) is 0.462. The van der Waals surface area contributed by atoms with Crippen molar-refractivity contribution in [1.82, 2.24) is 0 Å². The lowest BCUT2D eigenvalue weighted by Gasteiger charge is -2.36. The number of esters is 2. The molecule has 0 unspecified atom stereocenters. The van der Waals surface area contributed by atoms with Gasteiger partial charge in [-0.05, 0) is 56.0 Å². The molecule has 31 heavy (non-hydrogen) atoms. The molecule has 0 spiro atoms. The smallest absolute Gasteiger partial charge is 0.333 e. The Morgan fingerprint density at radius 1 is 1.00 bits per heavy atom. The first-order valence-corrected chi connectivity index (χ1v) is 11.1. The molecule has 1 saturated carbocycles. The summed E-state index contributed by atoms with van der Waals surface area (Å²) in [5.74, 6) is 0.0933. The van der Waals surface area contributed by atoms with E-state index in [2.05, 4.69) is 13.5 Å². The maximum absolute atomic E-state index is 12.8. The molecule has 5 nitrogen and oxygen atoms in total. The highest BCUT2D eigenvalue weighted by molar-refractivity contribution is 5.93. The van der Waals surface area contributed by atoms with Crippen LogP contribution in [0.3, 0.4) is 0 Å². The van der Waals surface area contributed by atoms with Gasteiger partial charge in [-0.2, -0.15) is 0 Å². The van der Waals surface area contributed by atoms with E-state index in [1.54, 1.807) is 6.92 Å². The van der Waals surface area contributed by atoms with Crippen molar-refractivity contribution >= 4 is 22.7 Å². The molecule has 0 atom stereocenters. The third kappa shape index (κ3) is 5.87. The highest BCUT2D eigenvalue weighted by Crippen LogP contribution is 2.35. The van der Waals surface area contributed by atoms with Crippen molar-refractivity contribution in [2.75, 3.05) is 13.2 Å². The highest BCUT2D eigenvalue weighted by Gasteiger charge is 2.34. The van der Waals surface area contributed by atoms with Crippen molar-refractivity contribution in [3.8, 4) is 5.75 Å². The number of ether oxygens (including phenoxy) is 3. The molecule has 0 N–H and O–H groups in total. The minimum atomic E-state index is -0.426. The van der Waals surface area contributed by atoms with Crippen LogP contribution in [0.4, 0.5) is 0 Å². The van der Waals surface area contributed by atoms with Gasteiger partial charge in [-0.3, -0.25) is 4.79 Å². The summed E-state index contributed by atoms with van der Waals surface area (Å²) in [5, 5.41) is 1.88. The largest absolute Gasteiger partial charge is 0.489 e. The predicted molar refractivity (Wildman–Crippen MR) is 121 cm³/mol. The normalized spacial score (nSPS) is 15.3. The van der Waals surface area contributed by atoms with E-state index >= 15 is 0 Å². The van der Waals surface area contributed by atoms with Gasteiger partial charge >= 0.3 is 11.9 Å². The Bertz CT molecular complexity index is 940. The van der Waals surface area contributed by atoms with Crippen LogP contribution in [0, 0.1) is 0 Å². The molecule has 2 aromatic carbocycles. The molecule has 1 aliphatic rings. The Labute approximate surface area is 184 Å². The van der Waals surface area contributed by atoms with Gasteiger partial charge in [-0.1, -0.05) is 50.3 Å². The number of rotatable bonds is 9. The van der Waals surface area contributed by atoms with Crippen LogP contribution in [0.2, 0.25) is 0 Å². The van der Waals surface area contributed by atoms with Gasteiger partial charge in [0, 0.05) is 11.0 Å². The van der Waals surface area contributed by atoms with E-state index in [1.807, 2.05) is 36.4 Å². The lowest BCUT2D eigenvalue weighted by Crippen LogP contribution is -2.37. The van der Waals surface area contributed by atoms with E-state index in [9.17, 15) is 9.59 Å². The zero-order valence-corrected chi connectivity index (χ0v) is 18.6. The minimum absolute atomic E-state index is 0.146. The lowest BCUT2D eigenvalue weighted by molar-refractivity contribution is -0.163. The summed E-state index contributed by atoms with van der Waals surface area (Å²) >= 11 is 0. The van der Waals surface area contributed by atoms with Crippen LogP contribution in [-0.2, 0) is 25.5 Å². The molecule has 1 aliphatic carbocycles. The van der Waals surface area contributed by atoms with Gasteiger partial charge in [-0.25, -0.2) is 4.79 Å². The summed E-state index contributed by atoms with van der Waals surface area (Å²) in [4.78, 5) is 24.3. The van der Waals surface area contributed by atoms with E-state index in [-0.39, 0.29) is 31.2 Å². The van der Waals surface area contributed by atoms with Crippen molar-refractivity contribution in [2.45, 2.75) is 64.4 Å². The maximum atomic E-state index is 12.8. The SMILES string of the molecule is C=C(C)C(=O)OCCOc1cccc2c(CC(=O)OC3(CC)CCCCC3)cccc12. The summed E-state index contributed by atoms with van der Waals surface area (Å²) in [6.45, 7) is 7.66. The second-order valence-electron chi connectivity index (χ2n) is 8.28. The minimum Gasteiger partial charge on any atom is -0.489 e. The first-order chi connectivity index (χ1) is 14.9. The third-order valence-electron chi connectivity index (χ3n) is 5.97. The second kappa shape index (κ2) is 10.5. The van der Waals surface area contributed by atoms with Gasteiger partial charge in [0.2, 0.25) is 0 Å². The van der Waals surface area contributed by atoms with Crippen molar-refractivity contribution in [3.05, 3.63) is 54.1 Å². The number of benzene rings is 2. The van der Waals surface area contributed by atoms with Crippen LogP contribution >= 0.6 is 0 Å². The molecular weight excluding hydrogens is 392 g/mol. The van der Waals surface area contributed by atoms with Crippen molar-refractivity contribution < 1.29 is 23.8 Å². The molecular formula is C26H32O5. The van der Waals surface area contributed by atoms with Crippen LogP contribution in [0.15, 0.2) is 48.6 Å². The summed E-state index contributed by atoms with van der Waals surface area (Å²) in [7, 11) is 0. The first-order valence-electron chi connectivity index (χ1n) is 11.1. The molecule has 0 aliphatic heterocycles. The fourth-order valence-electron chi connectivity index (χ4n) is 4.19. The van der Waals surface area contributed by atoms with Crippen molar-refractivity contribution in [1.29, 1.82) is 0 Å². The highest BCUT2D eigenvalue weighted by atomic mass is 16.6. The lowest BCUT2D eigenvalue weighted by atomic mass is 9.82. The van der Waals surface area contributed by atoms with Gasteiger partial charge < -0.3 is 14.2 Å². The van der Waals surface area contributed by atoms with Gasteiger partial charge in [0.25, 0.3) is 0 Å². The zero-order chi connectivity index (χ0) is 22.3. The molecule has 2 aromatic rings. The van der Waals surface area contributed by atoms with Crippen LogP contribution in [0.25, 0.3) is 10.8 Å². The van der Waals surface area contributed by atoms with Gasteiger partial charge in [0.05, 0.1) is 6.42 Å². The molecule has 0 amide bonds. The monoisotopic (exact) mass is 424 g/mol. The molecule has 0 saturated heterocycles. The summed E-state index contributed by atoms with van der Waals surface area (Å²) in [6, 6.07) is 11.6. The molecule has 5 heteroatoms. The molecule has 0 aromatic heterocycles. The maximum Gasteiger partial charge on any atom is 0.333 e. The Hall–Kier alpha value is -2.82. The van der Waals surface area contributed by atoms with E-state index in [1.165, 1.54) is 6.42 Å². The fourth-order valence-corrected chi connectivity index (χ4v) is 4.19. The van der Waals surface area contributed by atoms with E-state index in [0.29, 0.717) is 11.3 Å². The zero-order valence-electron chi connectivity index (χ0n) is 18.6. The Morgan fingerprint density at radius 3 is 2.42 bits per heavy atom. The molecule has 1 fully saturated rings. The first kappa shape index (κ1) is 22.9. The number of hydrogen-bond acceptors (Lipinski definition) is 5. The molecule has 0 bridgehead atoms. The summed E-state index contributed by atoms with van der Waals surface area (Å²) < 4.78 is 16.9. The van der Waals surface area contributed by atoms with Crippen LogP contribution in [-0.4, -0.2) is 30.8 Å². The van der Waals surface area contributed by atoms with Crippen LogP contribution in [0.1, 0.15) is 57.9 Å². The molecule has 0 radical (unpaired) electrons. The number of carbonyl (C=O) groups is 2. The van der Waals surface area contributed by atoms with Gasteiger partial charge in [0.1, 0.15) is 24.6 Å². The van der Waals surface area contributed by atoms with E-state index < -0.39 is 5.97 Å². The van der Waals surface area contributed by atoms with Crippen LogP contribution in [0.5, 0.6) is 5.75 Å². The van der Waals surface area contributed by atoms with Crippen LogP contribution < -0.4 is 4.74 Å². The van der Waals surface area contributed by atoms with E-state index in [0.717, 1.165) is 48.4 Å². The summed E-state index contributed by atoms with van der Waals surface area (Å²) in [6.07, 6.45) is 6.48. The Balaban J connectivity index is 1.68. The Kier molecular flexibility index (Phi) is 7.72. The topological polar surface area (TPSA) is 61.8 Å². The molecule has 0 heterocycles. The van der Waals surface area contributed by atoms with Crippen molar-refractivity contribution in [2.24, 2.45) is 0 Å². The second-order valence-corrected chi connectivity index (χ2v) is 8.28. The van der Waals surface area contributed by atoms with E-state index in [4.69, 9.17) is 14.2 Å². The quantitative estimate of drug-likeness (QED) is 0.301.